The van der Waals surface area contributed by atoms with Gasteiger partial charge < -0.3 is 13.9 Å². The Kier molecular flexibility index (Phi) is 4.15. The molecule has 0 saturated carbocycles. The van der Waals surface area contributed by atoms with Gasteiger partial charge in [0.2, 0.25) is 17.1 Å². The summed E-state index contributed by atoms with van der Waals surface area (Å²) >= 11 is 12.2. The standard InChI is InChI=1S/C16H16Cl2N6O/c1-22-7-12-14(23(2)9-22)19-16(18)24(12)8-13-20-21-15(25-13)10-3-5-11(17)6-4-10/h3-6H,7-9H2,1-2H3. The highest BCUT2D eigenvalue weighted by Crippen LogP contribution is 2.29. The van der Waals surface area contributed by atoms with Gasteiger partial charge in [-0.1, -0.05) is 11.6 Å². The molecular formula is C16H16Cl2N6O. The fourth-order valence-corrected chi connectivity index (χ4v) is 3.33. The van der Waals surface area contributed by atoms with Gasteiger partial charge in [-0.05, 0) is 42.9 Å². The van der Waals surface area contributed by atoms with E-state index in [0.29, 0.717) is 28.6 Å². The summed E-state index contributed by atoms with van der Waals surface area (Å²) in [4.78, 5) is 8.71. The third-order valence-electron chi connectivity index (χ3n) is 4.09. The molecule has 0 saturated heterocycles. The quantitative estimate of drug-likeness (QED) is 0.697. The highest BCUT2D eigenvalue weighted by Gasteiger charge is 2.26. The van der Waals surface area contributed by atoms with E-state index in [4.69, 9.17) is 27.6 Å². The molecule has 1 aromatic carbocycles. The van der Waals surface area contributed by atoms with E-state index in [1.165, 1.54) is 0 Å². The molecule has 0 amide bonds. The molecule has 0 radical (unpaired) electrons. The largest absolute Gasteiger partial charge is 0.419 e. The van der Waals surface area contributed by atoms with E-state index >= 15 is 0 Å². The number of halogens is 2. The third kappa shape index (κ3) is 3.10. The van der Waals surface area contributed by atoms with Crippen LogP contribution in [0.4, 0.5) is 5.82 Å². The second-order valence-corrected chi connectivity index (χ2v) is 6.87. The van der Waals surface area contributed by atoms with Crippen LogP contribution in [0, 0.1) is 0 Å². The van der Waals surface area contributed by atoms with Gasteiger partial charge >= 0.3 is 0 Å². The number of aromatic nitrogens is 4. The molecule has 3 aromatic rings. The molecule has 1 aliphatic rings. The number of benzene rings is 1. The number of fused-ring (bicyclic) bond motifs is 1. The Balaban J connectivity index is 1.62. The van der Waals surface area contributed by atoms with Crippen molar-refractivity contribution in [2.45, 2.75) is 13.1 Å². The van der Waals surface area contributed by atoms with Crippen LogP contribution >= 0.6 is 23.2 Å². The van der Waals surface area contributed by atoms with Crippen molar-refractivity contribution in [1.29, 1.82) is 0 Å². The molecule has 0 bridgehead atoms. The van der Waals surface area contributed by atoms with E-state index in [1.54, 1.807) is 12.1 Å². The van der Waals surface area contributed by atoms with E-state index in [-0.39, 0.29) is 0 Å². The van der Waals surface area contributed by atoms with Gasteiger partial charge in [0.1, 0.15) is 6.54 Å². The van der Waals surface area contributed by atoms with Gasteiger partial charge in [-0.15, -0.1) is 10.2 Å². The molecular weight excluding hydrogens is 363 g/mol. The fraction of sp³-hybridized carbons (Fsp3) is 0.312. The molecule has 0 fully saturated rings. The van der Waals surface area contributed by atoms with Crippen LogP contribution in [0.5, 0.6) is 0 Å². The average molecular weight is 379 g/mol. The predicted molar refractivity (Wildman–Crippen MR) is 95.8 cm³/mol. The maximum Gasteiger partial charge on any atom is 0.247 e. The molecule has 130 valence electrons. The topological polar surface area (TPSA) is 63.2 Å². The Morgan fingerprint density at radius 3 is 2.64 bits per heavy atom. The van der Waals surface area contributed by atoms with Crippen LogP contribution in [0.3, 0.4) is 0 Å². The van der Waals surface area contributed by atoms with Gasteiger partial charge in [0.25, 0.3) is 0 Å². The zero-order valence-electron chi connectivity index (χ0n) is 13.8. The molecule has 0 unspecified atom stereocenters. The zero-order valence-corrected chi connectivity index (χ0v) is 15.3. The maximum atomic E-state index is 6.34. The minimum atomic E-state index is 0.378. The Morgan fingerprint density at radius 2 is 1.88 bits per heavy atom. The van der Waals surface area contributed by atoms with Crippen LogP contribution in [0.15, 0.2) is 28.7 Å². The van der Waals surface area contributed by atoms with Crippen LogP contribution < -0.4 is 4.90 Å². The first-order valence-electron chi connectivity index (χ1n) is 7.74. The van der Waals surface area contributed by atoms with Crippen LogP contribution in [0.1, 0.15) is 11.6 Å². The summed E-state index contributed by atoms with van der Waals surface area (Å²) in [5.41, 5.74) is 1.86. The van der Waals surface area contributed by atoms with Crippen molar-refractivity contribution >= 4 is 29.0 Å². The van der Waals surface area contributed by atoms with E-state index in [2.05, 4.69) is 32.0 Å². The van der Waals surface area contributed by atoms with Crippen molar-refractivity contribution in [1.82, 2.24) is 24.6 Å². The lowest BCUT2D eigenvalue weighted by atomic mass is 10.2. The number of hydrogen-bond donors (Lipinski definition) is 0. The lowest BCUT2D eigenvalue weighted by Gasteiger charge is -2.31. The number of imidazole rings is 1. The predicted octanol–water partition coefficient (Wildman–Crippen LogP) is 3.13. The van der Waals surface area contributed by atoms with E-state index in [9.17, 15) is 0 Å². The molecule has 1 aliphatic heterocycles. The van der Waals surface area contributed by atoms with Crippen molar-refractivity contribution in [3.63, 3.8) is 0 Å². The lowest BCUT2D eigenvalue weighted by Crippen LogP contribution is -2.38. The Bertz CT molecular complexity index is 904. The van der Waals surface area contributed by atoms with Gasteiger partial charge in [0.05, 0.1) is 12.4 Å². The number of rotatable bonds is 3. The van der Waals surface area contributed by atoms with Crippen LogP contribution in [0.25, 0.3) is 11.5 Å². The van der Waals surface area contributed by atoms with E-state index in [0.717, 1.165) is 30.3 Å². The van der Waals surface area contributed by atoms with Gasteiger partial charge in [0, 0.05) is 24.2 Å². The van der Waals surface area contributed by atoms with Crippen molar-refractivity contribution < 1.29 is 4.42 Å². The summed E-state index contributed by atoms with van der Waals surface area (Å²) < 4.78 is 7.69. The summed E-state index contributed by atoms with van der Waals surface area (Å²) in [7, 11) is 4.05. The molecule has 0 aliphatic carbocycles. The van der Waals surface area contributed by atoms with Crippen molar-refractivity contribution in [2.24, 2.45) is 0 Å². The number of nitrogens with zero attached hydrogens (tertiary/aromatic N) is 6. The summed E-state index contributed by atoms with van der Waals surface area (Å²) in [6.07, 6.45) is 0. The van der Waals surface area contributed by atoms with Crippen LogP contribution in [-0.2, 0) is 13.1 Å². The molecule has 3 heterocycles. The second-order valence-electron chi connectivity index (χ2n) is 6.10. The summed E-state index contributed by atoms with van der Waals surface area (Å²) in [6.45, 7) is 1.95. The van der Waals surface area contributed by atoms with Crippen LogP contribution in [-0.4, -0.2) is 45.4 Å². The normalized spacial score (nSPS) is 14.8. The Labute approximate surface area is 154 Å². The Morgan fingerprint density at radius 1 is 1.12 bits per heavy atom. The van der Waals surface area contributed by atoms with E-state index in [1.807, 2.05) is 23.7 Å². The second kappa shape index (κ2) is 6.33. The average Bonchev–Trinajstić information content (AvgIpc) is 3.15. The molecule has 0 spiro atoms. The third-order valence-corrected chi connectivity index (χ3v) is 4.63. The monoisotopic (exact) mass is 378 g/mol. The molecule has 2 aromatic heterocycles. The first kappa shape index (κ1) is 16.4. The molecule has 9 heteroatoms. The minimum Gasteiger partial charge on any atom is -0.419 e. The van der Waals surface area contributed by atoms with Crippen molar-refractivity contribution in [3.8, 4) is 11.5 Å². The number of hydrogen-bond acceptors (Lipinski definition) is 6. The maximum absolute atomic E-state index is 6.34. The highest BCUT2D eigenvalue weighted by atomic mass is 35.5. The van der Waals surface area contributed by atoms with Crippen LogP contribution in [0.2, 0.25) is 10.3 Å². The molecule has 25 heavy (non-hydrogen) atoms. The number of anilines is 1. The molecule has 7 nitrogen and oxygen atoms in total. The molecule has 0 N–H and O–H groups in total. The Hall–Kier alpha value is -2.09. The van der Waals surface area contributed by atoms with Gasteiger partial charge in [0.15, 0.2) is 5.82 Å². The first-order chi connectivity index (χ1) is 12.0. The molecule has 4 rings (SSSR count). The smallest absolute Gasteiger partial charge is 0.247 e. The first-order valence-corrected chi connectivity index (χ1v) is 8.50. The van der Waals surface area contributed by atoms with Gasteiger partial charge in [-0.2, -0.15) is 0 Å². The van der Waals surface area contributed by atoms with Gasteiger partial charge in [-0.25, -0.2) is 4.98 Å². The summed E-state index contributed by atoms with van der Waals surface area (Å²) in [5.74, 6) is 1.81. The summed E-state index contributed by atoms with van der Waals surface area (Å²) in [5, 5.41) is 9.32. The lowest BCUT2D eigenvalue weighted by molar-refractivity contribution is 0.304. The highest BCUT2D eigenvalue weighted by molar-refractivity contribution is 6.30. The van der Waals surface area contributed by atoms with Gasteiger partial charge in [-0.3, -0.25) is 4.90 Å². The zero-order chi connectivity index (χ0) is 17.6. The SMILES string of the molecule is CN1Cc2c(nc(Cl)n2Cc2nnc(-c3ccc(Cl)cc3)o2)N(C)C1. The van der Waals surface area contributed by atoms with Crippen molar-refractivity contribution in [3.05, 3.63) is 46.2 Å². The minimum absolute atomic E-state index is 0.378. The van der Waals surface area contributed by atoms with E-state index < -0.39 is 0 Å². The molecule has 0 atom stereocenters. The van der Waals surface area contributed by atoms with Crippen molar-refractivity contribution in [2.75, 3.05) is 25.7 Å². The fourth-order valence-electron chi connectivity index (χ4n) is 2.96. The summed E-state index contributed by atoms with van der Waals surface area (Å²) in [6, 6.07) is 7.26.